The van der Waals surface area contributed by atoms with Crippen LogP contribution in [0, 0.1) is 4.91 Å². The molecule has 0 aromatic carbocycles. The van der Waals surface area contributed by atoms with Crippen LogP contribution in [0.1, 0.15) is 23.5 Å². The van der Waals surface area contributed by atoms with Crippen molar-refractivity contribution in [2.24, 2.45) is 5.18 Å². The first-order chi connectivity index (χ1) is 6.33. The minimum absolute atomic E-state index is 0.252. The van der Waals surface area contributed by atoms with Gasteiger partial charge in [-0.15, -0.1) is 0 Å². The smallest absolute Gasteiger partial charge is 0.226 e. The van der Waals surface area contributed by atoms with Gasteiger partial charge in [0.2, 0.25) is 5.78 Å². The number of hydrogen-bond acceptors (Lipinski definition) is 4. The van der Waals surface area contributed by atoms with Crippen LogP contribution in [-0.2, 0) is 6.54 Å². The van der Waals surface area contributed by atoms with Crippen molar-refractivity contribution in [3.8, 4) is 0 Å². The standard InChI is InChI=1S/C8H9N3O2/c12-7-6(10-13)2-1-4-11-5-3-9-8(7)11/h3,5-6H,1-2,4H2. The number of fused-ring (bicyclic) bond motifs is 1. The largest absolute Gasteiger partial charge is 0.328 e. The molecule has 0 spiro atoms. The van der Waals surface area contributed by atoms with E-state index in [2.05, 4.69) is 10.2 Å². The Morgan fingerprint density at radius 1 is 1.62 bits per heavy atom. The van der Waals surface area contributed by atoms with Crippen molar-refractivity contribution in [1.29, 1.82) is 0 Å². The molecule has 1 atom stereocenters. The van der Waals surface area contributed by atoms with Gasteiger partial charge in [-0.05, 0) is 12.8 Å². The number of hydrogen-bond donors (Lipinski definition) is 0. The van der Waals surface area contributed by atoms with Crippen LogP contribution in [-0.4, -0.2) is 21.4 Å². The lowest BCUT2D eigenvalue weighted by molar-refractivity contribution is 0.0950. The summed E-state index contributed by atoms with van der Waals surface area (Å²) in [7, 11) is 0. The SMILES string of the molecule is O=NC1CCCn2ccnc2C1=O. The van der Waals surface area contributed by atoms with Crippen LogP contribution in [0.3, 0.4) is 0 Å². The molecule has 0 amide bonds. The Bertz CT molecular complexity index is 345. The normalized spacial score (nSPS) is 22.2. The third kappa shape index (κ3) is 1.26. The van der Waals surface area contributed by atoms with Gasteiger partial charge in [0.15, 0.2) is 11.9 Å². The molecular weight excluding hydrogens is 170 g/mol. The molecule has 1 aromatic rings. The van der Waals surface area contributed by atoms with Gasteiger partial charge in [0, 0.05) is 18.9 Å². The number of Topliss-reactive ketones (excluding diaryl/α,β-unsaturated/α-hetero) is 1. The second-order valence-electron chi connectivity index (χ2n) is 3.07. The topological polar surface area (TPSA) is 64.3 Å². The summed E-state index contributed by atoms with van der Waals surface area (Å²) in [5.74, 6) is 0.111. The summed E-state index contributed by atoms with van der Waals surface area (Å²) in [5.41, 5.74) is 0. The maximum Gasteiger partial charge on any atom is 0.226 e. The Kier molecular flexibility index (Phi) is 1.92. The van der Waals surface area contributed by atoms with Crippen LogP contribution in [0.15, 0.2) is 17.6 Å². The molecule has 1 aromatic heterocycles. The summed E-state index contributed by atoms with van der Waals surface area (Å²) in [6, 6.07) is -0.733. The van der Waals surface area contributed by atoms with Crippen molar-refractivity contribution in [2.75, 3.05) is 0 Å². The highest BCUT2D eigenvalue weighted by atomic mass is 16.3. The zero-order valence-corrected chi connectivity index (χ0v) is 7.01. The van der Waals surface area contributed by atoms with Crippen LogP contribution < -0.4 is 0 Å². The fourth-order valence-electron chi connectivity index (χ4n) is 1.55. The molecule has 1 unspecified atom stereocenters. The van der Waals surface area contributed by atoms with Crippen LogP contribution in [0.5, 0.6) is 0 Å². The molecule has 0 N–H and O–H groups in total. The van der Waals surface area contributed by atoms with E-state index in [1.54, 1.807) is 17.0 Å². The molecule has 5 nitrogen and oxygen atoms in total. The second-order valence-corrected chi connectivity index (χ2v) is 3.07. The van der Waals surface area contributed by atoms with Gasteiger partial charge in [-0.2, -0.15) is 4.91 Å². The third-order valence-corrected chi connectivity index (χ3v) is 2.24. The molecule has 1 aliphatic heterocycles. The quantitative estimate of drug-likeness (QED) is 0.604. The number of aryl methyl sites for hydroxylation is 1. The van der Waals surface area contributed by atoms with E-state index in [1.165, 1.54) is 0 Å². The molecule has 0 fully saturated rings. The molecule has 0 saturated carbocycles. The van der Waals surface area contributed by atoms with Crippen LogP contribution >= 0.6 is 0 Å². The lowest BCUT2D eigenvalue weighted by Gasteiger charge is -2.00. The van der Waals surface area contributed by atoms with Crippen LogP contribution in [0.2, 0.25) is 0 Å². The molecule has 1 aliphatic rings. The lowest BCUT2D eigenvalue weighted by atomic mass is 10.1. The van der Waals surface area contributed by atoms with E-state index in [0.29, 0.717) is 12.2 Å². The molecular formula is C8H9N3O2. The second kappa shape index (κ2) is 3.08. The average molecular weight is 179 g/mol. The summed E-state index contributed by atoms with van der Waals surface area (Å²) in [5, 5.41) is 2.81. The zero-order valence-electron chi connectivity index (χ0n) is 7.01. The van der Waals surface area contributed by atoms with E-state index in [1.807, 2.05) is 0 Å². The lowest BCUT2D eigenvalue weighted by Crippen LogP contribution is -2.18. The molecule has 0 bridgehead atoms. The Balaban J connectivity index is 2.40. The first-order valence-electron chi connectivity index (χ1n) is 4.20. The van der Waals surface area contributed by atoms with Crippen molar-refractivity contribution >= 4 is 5.78 Å². The number of carbonyl (C=O) groups excluding carboxylic acids is 1. The fraction of sp³-hybridized carbons (Fsp3) is 0.500. The van der Waals surface area contributed by atoms with Gasteiger partial charge >= 0.3 is 0 Å². The minimum atomic E-state index is -0.733. The van der Waals surface area contributed by atoms with E-state index < -0.39 is 6.04 Å². The Hall–Kier alpha value is -1.52. The van der Waals surface area contributed by atoms with E-state index in [0.717, 1.165) is 13.0 Å². The third-order valence-electron chi connectivity index (χ3n) is 2.24. The number of nitroso groups, excluding NO2 is 1. The summed E-state index contributed by atoms with van der Waals surface area (Å²) in [6.07, 6.45) is 4.65. The van der Waals surface area contributed by atoms with Crippen molar-refractivity contribution in [3.05, 3.63) is 23.1 Å². The van der Waals surface area contributed by atoms with Gasteiger partial charge in [0.1, 0.15) is 0 Å². The van der Waals surface area contributed by atoms with E-state index in [4.69, 9.17) is 0 Å². The summed E-state index contributed by atoms with van der Waals surface area (Å²) in [6.45, 7) is 0.743. The molecule has 0 radical (unpaired) electrons. The highest BCUT2D eigenvalue weighted by Crippen LogP contribution is 2.15. The molecule has 68 valence electrons. The molecule has 2 heterocycles. The summed E-state index contributed by atoms with van der Waals surface area (Å²) >= 11 is 0. The first-order valence-corrected chi connectivity index (χ1v) is 4.20. The van der Waals surface area contributed by atoms with E-state index >= 15 is 0 Å². The maximum atomic E-state index is 11.6. The predicted molar refractivity (Wildman–Crippen MR) is 45.4 cm³/mol. The van der Waals surface area contributed by atoms with Crippen LogP contribution in [0.25, 0.3) is 0 Å². The Labute approximate surface area is 74.7 Å². The minimum Gasteiger partial charge on any atom is -0.328 e. The van der Waals surface area contributed by atoms with Gasteiger partial charge in [-0.1, -0.05) is 5.18 Å². The van der Waals surface area contributed by atoms with E-state index in [-0.39, 0.29) is 5.78 Å². The van der Waals surface area contributed by atoms with E-state index in [9.17, 15) is 9.70 Å². The van der Waals surface area contributed by atoms with Crippen molar-refractivity contribution in [2.45, 2.75) is 25.4 Å². The molecule has 5 heteroatoms. The van der Waals surface area contributed by atoms with Crippen molar-refractivity contribution in [3.63, 3.8) is 0 Å². The Morgan fingerprint density at radius 3 is 3.23 bits per heavy atom. The number of imidazole rings is 1. The van der Waals surface area contributed by atoms with Crippen LogP contribution in [0.4, 0.5) is 0 Å². The van der Waals surface area contributed by atoms with Gasteiger partial charge < -0.3 is 4.57 Å². The monoisotopic (exact) mass is 179 g/mol. The number of carbonyl (C=O) groups is 1. The van der Waals surface area contributed by atoms with Gasteiger partial charge in [-0.25, -0.2) is 4.98 Å². The average Bonchev–Trinajstić information content (AvgIpc) is 2.54. The van der Waals surface area contributed by atoms with Gasteiger partial charge in [0.25, 0.3) is 0 Å². The first kappa shape index (κ1) is 8.10. The molecule has 0 saturated heterocycles. The van der Waals surface area contributed by atoms with Crippen molar-refractivity contribution in [1.82, 2.24) is 9.55 Å². The van der Waals surface area contributed by atoms with Gasteiger partial charge in [-0.3, -0.25) is 4.79 Å². The summed E-state index contributed by atoms with van der Waals surface area (Å²) in [4.78, 5) is 25.8. The molecule has 13 heavy (non-hydrogen) atoms. The summed E-state index contributed by atoms with van der Waals surface area (Å²) < 4.78 is 1.77. The number of nitrogens with zero attached hydrogens (tertiary/aromatic N) is 3. The van der Waals surface area contributed by atoms with Crippen molar-refractivity contribution < 1.29 is 4.79 Å². The number of aromatic nitrogens is 2. The predicted octanol–water partition coefficient (Wildman–Crippen LogP) is 0.995. The molecule has 2 rings (SSSR count). The zero-order chi connectivity index (χ0) is 9.26. The Morgan fingerprint density at radius 2 is 2.46 bits per heavy atom. The number of ketones is 1. The fourth-order valence-corrected chi connectivity index (χ4v) is 1.55. The highest BCUT2D eigenvalue weighted by Gasteiger charge is 2.27. The number of rotatable bonds is 1. The molecule has 0 aliphatic carbocycles. The maximum absolute atomic E-state index is 11.6. The highest BCUT2D eigenvalue weighted by molar-refractivity contribution is 5.97. The van der Waals surface area contributed by atoms with Gasteiger partial charge in [0.05, 0.1) is 0 Å².